The number of anilines is 2. The standard InChI is InChI=1S/C31H35N3O/c35-30(29-23-25-10-5-7-14-28(25)34(29)26-11-2-1-3-12-26)32-19-8-20-33-21-17-31(18-22-33)16-15-24-9-4-6-13-27(24)31/h1-7,9-14,29H,8,15-23H2,(H,32,35). The van der Waals surface area contributed by atoms with E-state index in [1.54, 1.807) is 11.1 Å². The molecule has 1 fully saturated rings. The van der Waals surface area contributed by atoms with Gasteiger partial charge in [0.1, 0.15) is 6.04 Å². The highest BCUT2D eigenvalue weighted by Crippen LogP contribution is 2.46. The van der Waals surface area contributed by atoms with Crippen molar-refractivity contribution in [3.05, 3.63) is 95.6 Å². The van der Waals surface area contributed by atoms with E-state index in [1.807, 2.05) is 18.2 Å². The summed E-state index contributed by atoms with van der Waals surface area (Å²) >= 11 is 0. The second-order valence-corrected chi connectivity index (χ2v) is 10.5. The normalized spacial score (nSPS) is 20.6. The fraction of sp³-hybridized carbons (Fsp3) is 0.387. The highest BCUT2D eigenvalue weighted by Gasteiger charge is 2.40. The number of para-hydroxylation sites is 2. The summed E-state index contributed by atoms with van der Waals surface area (Å²) in [5.74, 6) is 0.130. The second-order valence-electron chi connectivity index (χ2n) is 10.5. The number of carbonyl (C=O) groups excluding carboxylic acids is 1. The van der Waals surface area contributed by atoms with Crippen LogP contribution in [0.1, 0.15) is 42.4 Å². The van der Waals surface area contributed by atoms with Gasteiger partial charge in [-0.05, 0) is 92.0 Å². The van der Waals surface area contributed by atoms with Gasteiger partial charge in [0.05, 0.1) is 0 Å². The topological polar surface area (TPSA) is 35.6 Å². The van der Waals surface area contributed by atoms with Crippen LogP contribution in [0, 0.1) is 0 Å². The lowest BCUT2D eigenvalue weighted by Gasteiger charge is -2.40. The number of nitrogens with one attached hydrogen (secondary N) is 1. The van der Waals surface area contributed by atoms with E-state index in [2.05, 4.69) is 75.8 Å². The molecule has 1 atom stereocenters. The Morgan fingerprint density at radius 2 is 1.57 bits per heavy atom. The van der Waals surface area contributed by atoms with E-state index >= 15 is 0 Å². The third-order valence-corrected chi connectivity index (χ3v) is 8.54. The molecule has 3 aliphatic rings. The Morgan fingerprint density at radius 1 is 0.857 bits per heavy atom. The fourth-order valence-electron chi connectivity index (χ4n) is 6.62. The Bertz CT molecular complexity index is 1180. The minimum Gasteiger partial charge on any atom is -0.354 e. The van der Waals surface area contributed by atoms with Crippen molar-refractivity contribution < 1.29 is 4.79 Å². The van der Waals surface area contributed by atoms with Crippen molar-refractivity contribution in [2.75, 3.05) is 31.1 Å². The molecule has 3 aromatic rings. The minimum absolute atomic E-state index is 0.130. The molecule has 2 aliphatic heterocycles. The molecule has 1 saturated heterocycles. The van der Waals surface area contributed by atoms with Gasteiger partial charge in [-0.15, -0.1) is 0 Å². The van der Waals surface area contributed by atoms with Crippen LogP contribution in [0.3, 0.4) is 0 Å². The van der Waals surface area contributed by atoms with Crippen molar-refractivity contribution in [3.63, 3.8) is 0 Å². The van der Waals surface area contributed by atoms with Crippen LogP contribution in [0.5, 0.6) is 0 Å². The van der Waals surface area contributed by atoms with Crippen LogP contribution in [-0.4, -0.2) is 43.0 Å². The number of likely N-dealkylation sites (tertiary alicyclic amines) is 1. The Labute approximate surface area is 209 Å². The zero-order valence-electron chi connectivity index (χ0n) is 20.5. The number of carbonyl (C=O) groups is 1. The number of aryl methyl sites for hydroxylation is 1. The van der Waals surface area contributed by atoms with Gasteiger partial charge in [-0.1, -0.05) is 60.7 Å². The van der Waals surface area contributed by atoms with Crippen LogP contribution in [0.15, 0.2) is 78.9 Å². The number of rotatable bonds is 6. The third kappa shape index (κ3) is 4.25. The third-order valence-electron chi connectivity index (χ3n) is 8.54. The summed E-state index contributed by atoms with van der Waals surface area (Å²) in [6.45, 7) is 4.13. The summed E-state index contributed by atoms with van der Waals surface area (Å²) in [5, 5.41) is 3.25. The molecule has 1 aliphatic carbocycles. The first-order valence-electron chi connectivity index (χ1n) is 13.2. The van der Waals surface area contributed by atoms with Crippen LogP contribution >= 0.6 is 0 Å². The Kier molecular flexibility index (Phi) is 6.07. The molecule has 6 rings (SSSR count). The molecule has 1 amide bonds. The van der Waals surface area contributed by atoms with Crippen LogP contribution in [0.4, 0.5) is 11.4 Å². The molecule has 1 spiro atoms. The van der Waals surface area contributed by atoms with Gasteiger partial charge >= 0.3 is 0 Å². The van der Waals surface area contributed by atoms with Crippen molar-refractivity contribution >= 4 is 17.3 Å². The van der Waals surface area contributed by atoms with Crippen molar-refractivity contribution in [1.82, 2.24) is 10.2 Å². The SMILES string of the molecule is O=C(NCCCN1CCC2(CCc3ccccc32)CC1)C1Cc2ccccc2N1c1ccccc1. The number of fused-ring (bicyclic) bond motifs is 3. The number of nitrogens with zero attached hydrogens (tertiary/aromatic N) is 2. The number of hydrogen-bond donors (Lipinski definition) is 1. The Balaban J connectivity index is 1.01. The summed E-state index contributed by atoms with van der Waals surface area (Å²) < 4.78 is 0. The van der Waals surface area contributed by atoms with Gasteiger partial charge in [0, 0.05) is 24.3 Å². The van der Waals surface area contributed by atoms with E-state index in [4.69, 9.17) is 0 Å². The highest BCUT2D eigenvalue weighted by atomic mass is 16.2. The molecule has 1 N–H and O–H groups in total. The van der Waals surface area contributed by atoms with E-state index in [1.165, 1.54) is 44.3 Å². The molecule has 3 aromatic carbocycles. The maximum absolute atomic E-state index is 13.3. The molecule has 35 heavy (non-hydrogen) atoms. The van der Waals surface area contributed by atoms with E-state index in [0.717, 1.165) is 37.3 Å². The predicted molar refractivity (Wildman–Crippen MR) is 142 cm³/mol. The first-order chi connectivity index (χ1) is 17.2. The largest absolute Gasteiger partial charge is 0.354 e. The number of amides is 1. The maximum Gasteiger partial charge on any atom is 0.243 e. The van der Waals surface area contributed by atoms with Crippen molar-refractivity contribution in [1.29, 1.82) is 0 Å². The van der Waals surface area contributed by atoms with Gasteiger partial charge in [0.15, 0.2) is 0 Å². The van der Waals surface area contributed by atoms with Gasteiger partial charge in [-0.25, -0.2) is 0 Å². The van der Waals surface area contributed by atoms with E-state index in [0.29, 0.717) is 5.41 Å². The molecule has 1 unspecified atom stereocenters. The summed E-state index contributed by atoms with van der Waals surface area (Å²) in [5.41, 5.74) is 7.07. The van der Waals surface area contributed by atoms with E-state index < -0.39 is 0 Å². The van der Waals surface area contributed by atoms with E-state index in [9.17, 15) is 4.79 Å². The van der Waals surface area contributed by atoms with Gasteiger partial charge in [0.2, 0.25) is 5.91 Å². The lowest BCUT2D eigenvalue weighted by molar-refractivity contribution is -0.122. The van der Waals surface area contributed by atoms with Gasteiger partial charge < -0.3 is 15.1 Å². The molecule has 0 radical (unpaired) electrons. The Morgan fingerprint density at radius 3 is 2.40 bits per heavy atom. The zero-order valence-corrected chi connectivity index (χ0v) is 20.5. The number of piperidine rings is 1. The Hall–Kier alpha value is -3.11. The first-order valence-corrected chi connectivity index (χ1v) is 13.2. The molecule has 0 saturated carbocycles. The second kappa shape index (κ2) is 9.50. The first kappa shape index (κ1) is 22.4. The van der Waals surface area contributed by atoms with Crippen molar-refractivity contribution in [2.45, 2.75) is 50.0 Å². The van der Waals surface area contributed by atoms with Crippen molar-refractivity contribution in [3.8, 4) is 0 Å². The van der Waals surface area contributed by atoms with Crippen LogP contribution < -0.4 is 10.2 Å². The fourth-order valence-corrected chi connectivity index (χ4v) is 6.62. The molecule has 4 heteroatoms. The van der Waals surface area contributed by atoms with Gasteiger partial charge in [-0.2, -0.15) is 0 Å². The number of benzene rings is 3. The lowest BCUT2D eigenvalue weighted by atomic mass is 9.74. The molecular formula is C31H35N3O. The average molecular weight is 466 g/mol. The van der Waals surface area contributed by atoms with E-state index in [-0.39, 0.29) is 11.9 Å². The monoisotopic (exact) mass is 465 g/mol. The number of hydrogen-bond acceptors (Lipinski definition) is 3. The summed E-state index contributed by atoms with van der Waals surface area (Å²) in [6.07, 6.45) is 6.85. The van der Waals surface area contributed by atoms with Gasteiger partial charge in [-0.3, -0.25) is 4.79 Å². The lowest BCUT2D eigenvalue weighted by Crippen LogP contribution is -2.45. The molecule has 2 heterocycles. The molecule has 180 valence electrons. The maximum atomic E-state index is 13.3. The summed E-state index contributed by atoms with van der Waals surface area (Å²) in [4.78, 5) is 18.1. The van der Waals surface area contributed by atoms with Gasteiger partial charge in [0.25, 0.3) is 0 Å². The van der Waals surface area contributed by atoms with Crippen molar-refractivity contribution in [2.24, 2.45) is 0 Å². The summed E-state index contributed by atoms with van der Waals surface area (Å²) in [7, 11) is 0. The smallest absolute Gasteiger partial charge is 0.243 e. The average Bonchev–Trinajstić information content (AvgIpc) is 3.47. The summed E-state index contributed by atoms with van der Waals surface area (Å²) in [6, 6.07) is 27.6. The van der Waals surface area contributed by atoms with Crippen LogP contribution in [-0.2, 0) is 23.1 Å². The highest BCUT2D eigenvalue weighted by molar-refractivity contribution is 5.91. The predicted octanol–water partition coefficient (Wildman–Crippen LogP) is 5.24. The zero-order chi connectivity index (χ0) is 23.7. The molecule has 4 nitrogen and oxygen atoms in total. The quantitative estimate of drug-likeness (QED) is 0.506. The molecule has 0 bridgehead atoms. The molecular weight excluding hydrogens is 430 g/mol. The molecule has 0 aromatic heterocycles. The van der Waals surface area contributed by atoms with Crippen LogP contribution in [0.2, 0.25) is 0 Å². The minimum atomic E-state index is -0.188. The van der Waals surface area contributed by atoms with Crippen LogP contribution in [0.25, 0.3) is 0 Å².